The number of aryl methyl sites for hydroxylation is 2. The molecule has 0 saturated heterocycles. The van der Waals surface area contributed by atoms with Crippen LogP contribution in [0.2, 0.25) is 0 Å². The smallest absolute Gasteiger partial charge is 0.0400 e. The molecule has 1 rings (SSSR count). The first-order chi connectivity index (χ1) is 5.65. The van der Waals surface area contributed by atoms with Gasteiger partial charge in [-0.2, -0.15) is 0 Å². The Hall–Kier alpha value is -0.500. The average molecular weight is 228 g/mol. The van der Waals surface area contributed by atoms with Crippen molar-refractivity contribution in [1.29, 1.82) is 0 Å². The third-order valence-corrected chi connectivity index (χ3v) is 2.31. The molecule has 0 atom stereocenters. The standard InChI is InChI=1S/C10H14BrN/c1-4-12-10-7(2)5-9(11)6-8(10)3/h5-6,12H,4H2,1-3H3. The molecule has 66 valence electrons. The van der Waals surface area contributed by atoms with Crippen LogP contribution in [0.1, 0.15) is 18.1 Å². The molecule has 0 saturated carbocycles. The zero-order chi connectivity index (χ0) is 9.14. The molecule has 0 amide bonds. The normalized spacial score (nSPS) is 10.0. The third kappa shape index (κ3) is 2.01. The molecular weight excluding hydrogens is 214 g/mol. The van der Waals surface area contributed by atoms with Crippen molar-refractivity contribution in [3.05, 3.63) is 27.7 Å². The minimum Gasteiger partial charge on any atom is -0.385 e. The third-order valence-electron chi connectivity index (χ3n) is 1.85. The van der Waals surface area contributed by atoms with Gasteiger partial charge in [0.05, 0.1) is 0 Å². The Bertz CT molecular complexity index is 258. The molecule has 0 spiro atoms. The molecule has 0 aliphatic rings. The number of nitrogens with one attached hydrogen (secondary N) is 1. The van der Waals surface area contributed by atoms with Gasteiger partial charge in [0.2, 0.25) is 0 Å². The Morgan fingerprint density at radius 2 is 1.75 bits per heavy atom. The van der Waals surface area contributed by atoms with Crippen LogP contribution in [0.3, 0.4) is 0 Å². The summed E-state index contributed by atoms with van der Waals surface area (Å²) in [6.07, 6.45) is 0. The number of halogens is 1. The molecule has 1 aromatic rings. The minimum atomic E-state index is 0.976. The van der Waals surface area contributed by atoms with Crippen LogP contribution in [0.5, 0.6) is 0 Å². The van der Waals surface area contributed by atoms with Gasteiger partial charge < -0.3 is 5.32 Å². The van der Waals surface area contributed by atoms with E-state index in [1.54, 1.807) is 0 Å². The summed E-state index contributed by atoms with van der Waals surface area (Å²) in [5.74, 6) is 0. The first-order valence-electron chi connectivity index (χ1n) is 4.15. The summed E-state index contributed by atoms with van der Waals surface area (Å²) in [5.41, 5.74) is 3.85. The summed E-state index contributed by atoms with van der Waals surface area (Å²) < 4.78 is 1.15. The number of hydrogen-bond donors (Lipinski definition) is 1. The molecule has 12 heavy (non-hydrogen) atoms. The zero-order valence-electron chi connectivity index (χ0n) is 7.74. The predicted molar refractivity (Wildman–Crippen MR) is 57.8 cm³/mol. The van der Waals surface area contributed by atoms with Gasteiger partial charge in [-0.1, -0.05) is 15.9 Å². The molecular formula is C10H14BrN. The first kappa shape index (κ1) is 9.59. The van der Waals surface area contributed by atoms with E-state index in [9.17, 15) is 0 Å². The van der Waals surface area contributed by atoms with E-state index in [2.05, 4.69) is 54.2 Å². The molecule has 0 aliphatic heterocycles. The summed E-state index contributed by atoms with van der Waals surface area (Å²) >= 11 is 3.47. The maximum Gasteiger partial charge on any atom is 0.0400 e. The van der Waals surface area contributed by atoms with Gasteiger partial charge in [-0.3, -0.25) is 0 Å². The van der Waals surface area contributed by atoms with Gasteiger partial charge in [0, 0.05) is 16.7 Å². The van der Waals surface area contributed by atoms with Gasteiger partial charge in [0.1, 0.15) is 0 Å². The molecule has 0 aromatic heterocycles. The maximum absolute atomic E-state index is 3.47. The van der Waals surface area contributed by atoms with Crippen LogP contribution in [0.25, 0.3) is 0 Å². The summed E-state index contributed by atoms with van der Waals surface area (Å²) in [6, 6.07) is 4.26. The van der Waals surface area contributed by atoms with Crippen molar-refractivity contribution in [1.82, 2.24) is 0 Å². The van der Waals surface area contributed by atoms with E-state index < -0.39 is 0 Å². The maximum atomic E-state index is 3.47. The van der Waals surface area contributed by atoms with Crippen LogP contribution >= 0.6 is 15.9 Å². The van der Waals surface area contributed by atoms with Crippen molar-refractivity contribution in [2.24, 2.45) is 0 Å². The van der Waals surface area contributed by atoms with Crippen LogP contribution in [0.15, 0.2) is 16.6 Å². The number of benzene rings is 1. The average Bonchev–Trinajstić information content (AvgIpc) is 1.96. The second-order valence-electron chi connectivity index (χ2n) is 2.94. The Morgan fingerprint density at radius 1 is 1.25 bits per heavy atom. The fourth-order valence-electron chi connectivity index (χ4n) is 1.37. The van der Waals surface area contributed by atoms with Gasteiger partial charge in [0.15, 0.2) is 0 Å². The van der Waals surface area contributed by atoms with Gasteiger partial charge in [-0.15, -0.1) is 0 Å². The Kier molecular flexibility index (Phi) is 3.15. The number of hydrogen-bond acceptors (Lipinski definition) is 1. The highest BCUT2D eigenvalue weighted by molar-refractivity contribution is 9.10. The van der Waals surface area contributed by atoms with Crippen molar-refractivity contribution in [3.8, 4) is 0 Å². The second kappa shape index (κ2) is 3.94. The van der Waals surface area contributed by atoms with Gasteiger partial charge in [-0.25, -0.2) is 0 Å². The summed E-state index contributed by atoms with van der Waals surface area (Å²) in [5, 5.41) is 3.35. The van der Waals surface area contributed by atoms with E-state index in [0.29, 0.717) is 0 Å². The molecule has 0 aliphatic carbocycles. The van der Waals surface area contributed by atoms with Crippen molar-refractivity contribution in [3.63, 3.8) is 0 Å². The van der Waals surface area contributed by atoms with Crippen molar-refractivity contribution < 1.29 is 0 Å². The summed E-state index contributed by atoms with van der Waals surface area (Å²) in [7, 11) is 0. The summed E-state index contributed by atoms with van der Waals surface area (Å²) in [4.78, 5) is 0. The van der Waals surface area contributed by atoms with Gasteiger partial charge in [-0.05, 0) is 44.0 Å². The van der Waals surface area contributed by atoms with Crippen LogP contribution in [-0.2, 0) is 0 Å². The van der Waals surface area contributed by atoms with Crippen LogP contribution in [0.4, 0.5) is 5.69 Å². The Balaban J connectivity index is 3.10. The van der Waals surface area contributed by atoms with Gasteiger partial charge >= 0.3 is 0 Å². The topological polar surface area (TPSA) is 12.0 Å². The molecule has 1 aromatic carbocycles. The quantitative estimate of drug-likeness (QED) is 0.816. The van der Waals surface area contributed by atoms with Crippen molar-refractivity contribution in [2.45, 2.75) is 20.8 Å². The fourth-order valence-corrected chi connectivity index (χ4v) is 2.05. The van der Waals surface area contributed by atoms with E-state index in [0.717, 1.165) is 11.0 Å². The predicted octanol–water partition coefficient (Wildman–Crippen LogP) is 3.50. The Labute approximate surface area is 82.3 Å². The molecule has 2 heteroatoms. The van der Waals surface area contributed by atoms with Crippen molar-refractivity contribution >= 4 is 21.6 Å². The lowest BCUT2D eigenvalue weighted by Crippen LogP contribution is -2.00. The van der Waals surface area contributed by atoms with Crippen LogP contribution < -0.4 is 5.32 Å². The van der Waals surface area contributed by atoms with E-state index in [-0.39, 0.29) is 0 Å². The van der Waals surface area contributed by atoms with Crippen LogP contribution in [-0.4, -0.2) is 6.54 Å². The lowest BCUT2D eigenvalue weighted by Gasteiger charge is -2.11. The molecule has 0 radical (unpaired) electrons. The molecule has 1 nitrogen and oxygen atoms in total. The van der Waals surface area contributed by atoms with Gasteiger partial charge in [0.25, 0.3) is 0 Å². The molecule has 0 unspecified atom stereocenters. The highest BCUT2D eigenvalue weighted by Gasteiger charge is 2.01. The molecule has 0 heterocycles. The largest absolute Gasteiger partial charge is 0.385 e. The minimum absolute atomic E-state index is 0.976. The van der Waals surface area contributed by atoms with E-state index in [1.165, 1.54) is 16.8 Å². The van der Waals surface area contributed by atoms with E-state index >= 15 is 0 Å². The highest BCUT2D eigenvalue weighted by atomic mass is 79.9. The number of rotatable bonds is 2. The van der Waals surface area contributed by atoms with E-state index in [1.807, 2.05) is 0 Å². The summed E-state index contributed by atoms with van der Waals surface area (Å²) in [6.45, 7) is 7.33. The SMILES string of the molecule is CCNc1c(C)cc(Br)cc1C. The monoisotopic (exact) mass is 227 g/mol. The van der Waals surface area contributed by atoms with E-state index in [4.69, 9.17) is 0 Å². The Morgan fingerprint density at radius 3 is 2.17 bits per heavy atom. The second-order valence-corrected chi connectivity index (χ2v) is 3.86. The van der Waals surface area contributed by atoms with Crippen LogP contribution in [0, 0.1) is 13.8 Å². The first-order valence-corrected chi connectivity index (χ1v) is 4.95. The van der Waals surface area contributed by atoms with Crippen molar-refractivity contribution in [2.75, 3.05) is 11.9 Å². The lowest BCUT2D eigenvalue weighted by atomic mass is 10.1. The molecule has 1 N–H and O–H groups in total. The fraction of sp³-hybridized carbons (Fsp3) is 0.400. The highest BCUT2D eigenvalue weighted by Crippen LogP contribution is 2.24. The lowest BCUT2D eigenvalue weighted by molar-refractivity contribution is 1.18. The molecule has 0 fully saturated rings. The number of anilines is 1. The molecule has 0 bridgehead atoms. The zero-order valence-corrected chi connectivity index (χ0v) is 9.33.